The van der Waals surface area contributed by atoms with Crippen LogP contribution in [0.4, 0.5) is 0 Å². The smallest absolute Gasteiger partial charge is 0.0542 e. The van der Waals surface area contributed by atoms with Gasteiger partial charge in [-0.3, -0.25) is 0 Å². The van der Waals surface area contributed by atoms with Crippen LogP contribution < -0.4 is 5.32 Å². The van der Waals surface area contributed by atoms with Crippen LogP contribution >= 0.6 is 34.2 Å². The topological polar surface area (TPSA) is 12.0 Å². The number of halogens is 2. The average Bonchev–Trinajstić information content (AvgIpc) is 2.37. The predicted molar refractivity (Wildman–Crippen MR) is 87.9 cm³/mol. The monoisotopic (exact) mass is 375 g/mol. The first-order valence-corrected chi connectivity index (χ1v) is 7.72. The molecule has 0 radical (unpaired) electrons. The normalized spacial score (nSPS) is 11.8. The molecule has 0 spiro atoms. The van der Waals surface area contributed by atoms with Crippen molar-refractivity contribution in [1.29, 1.82) is 0 Å². The maximum absolute atomic E-state index is 6.19. The van der Waals surface area contributed by atoms with Gasteiger partial charge in [0.15, 0.2) is 0 Å². The van der Waals surface area contributed by atoms with Crippen molar-refractivity contribution in [2.24, 2.45) is 0 Å². The molecular formula is C15H19ClIN. The van der Waals surface area contributed by atoms with Crippen LogP contribution in [0.3, 0.4) is 0 Å². The first-order valence-electron chi connectivity index (χ1n) is 6.27. The van der Waals surface area contributed by atoms with E-state index in [-0.39, 0.29) is 0 Å². The van der Waals surface area contributed by atoms with E-state index in [0.717, 1.165) is 34.4 Å². The van der Waals surface area contributed by atoms with Gasteiger partial charge in [0.25, 0.3) is 0 Å². The number of nitrogens with one attached hydrogen (secondary N) is 1. The van der Waals surface area contributed by atoms with Crippen LogP contribution in [-0.2, 0) is 0 Å². The summed E-state index contributed by atoms with van der Waals surface area (Å²) in [5.74, 6) is 6.07. The Kier molecular flexibility index (Phi) is 7.73. The Morgan fingerprint density at radius 3 is 2.83 bits per heavy atom. The lowest BCUT2D eigenvalue weighted by Crippen LogP contribution is -2.22. The summed E-state index contributed by atoms with van der Waals surface area (Å²) in [5, 5.41) is 4.39. The summed E-state index contributed by atoms with van der Waals surface area (Å²) in [5.41, 5.74) is 1.26. The molecule has 0 heterocycles. The van der Waals surface area contributed by atoms with Gasteiger partial charge in [0.05, 0.1) is 5.02 Å². The molecular weight excluding hydrogens is 357 g/mol. The van der Waals surface area contributed by atoms with Crippen molar-refractivity contribution in [3.8, 4) is 11.8 Å². The molecule has 0 aliphatic rings. The second-order valence-corrected chi connectivity index (χ2v) is 5.72. The van der Waals surface area contributed by atoms with Gasteiger partial charge in [-0.25, -0.2) is 0 Å². The van der Waals surface area contributed by atoms with E-state index < -0.39 is 0 Å². The lowest BCUT2D eigenvalue weighted by atomic mass is 10.0. The Hall–Kier alpha value is -0.240. The van der Waals surface area contributed by atoms with Crippen molar-refractivity contribution in [3.63, 3.8) is 0 Å². The van der Waals surface area contributed by atoms with E-state index in [1.54, 1.807) is 0 Å². The molecule has 0 aliphatic carbocycles. The Labute approximate surface area is 129 Å². The number of benzene rings is 1. The van der Waals surface area contributed by atoms with Gasteiger partial charge in [-0.2, -0.15) is 0 Å². The predicted octanol–water partition coefficient (Wildman–Crippen LogP) is 4.79. The fraction of sp³-hybridized carbons (Fsp3) is 0.467. The minimum atomic E-state index is 0.348. The van der Waals surface area contributed by atoms with Crippen LogP contribution in [0.5, 0.6) is 0 Å². The van der Waals surface area contributed by atoms with Gasteiger partial charge in [0.2, 0.25) is 0 Å². The molecule has 0 amide bonds. The second-order valence-electron chi connectivity index (χ2n) is 4.15. The summed E-state index contributed by atoms with van der Waals surface area (Å²) in [4.78, 5) is 0. The number of hydrogen-bond donors (Lipinski definition) is 1. The van der Waals surface area contributed by atoms with Crippen LogP contribution in [0.2, 0.25) is 5.02 Å². The highest BCUT2D eigenvalue weighted by atomic mass is 127. The Balaban J connectivity index is 2.78. The Bertz CT molecular complexity index is 434. The molecule has 0 aliphatic heterocycles. The zero-order chi connectivity index (χ0) is 13.4. The second kappa shape index (κ2) is 8.79. The average molecular weight is 376 g/mol. The van der Waals surface area contributed by atoms with Crippen molar-refractivity contribution in [3.05, 3.63) is 32.4 Å². The van der Waals surface area contributed by atoms with Gasteiger partial charge in [-0.1, -0.05) is 24.6 Å². The maximum Gasteiger partial charge on any atom is 0.0542 e. The molecule has 1 atom stereocenters. The molecule has 0 fully saturated rings. The minimum absolute atomic E-state index is 0.348. The molecule has 1 rings (SSSR count). The SMILES string of the molecule is CC#CCCC(NCCC)c1ccc(I)c(Cl)c1. The van der Waals surface area contributed by atoms with Crippen molar-refractivity contribution in [2.45, 2.75) is 39.2 Å². The van der Waals surface area contributed by atoms with Crippen molar-refractivity contribution >= 4 is 34.2 Å². The highest BCUT2D eigenvalue weighted by Gasteiger charge is 2.11. The van der Waals surface area contributed by atoms with Crippen molar-refractivity contribution < 1.29 is 0 Å². The lowest BCUT2D eigenvalue weighted by Gasteiger charge is -2.18. The lowest BCUT2D eigenvalue weighted by molar-refractivity contribution is 0.505. The molecule has 1 aromatic carbocycles. The standard InChI is InChI=1S/C15H19ClIN/c1-3-5-6-7-15(18-10-4-2)12-8-9-14(17)13(16)11-12/h8-9,11,15,18H,4,6-7,10H2,1-2H3. The van der Waals surface area contributed by atoms with Gasteiger partial charge in [-0.05, 0) is 66.6 Å². The largest absolute Gasteiger partial charge is 0.310 e. The zero-order valence-corrected chi connectivity index (χ0v) is 13.8. The Morgan fingerprint density at radius 1 is 1.44 bits per heavy atom. The molecule has 18 heavy (non-hydrogen) atoms. The molecule has 0 aromatic heterocycles. The van der Waals surface area contributed by atoms with E-state index in [1.165, 1.54) is 5.56 Å². The molecule has 0 saturated carbocycles. The zero-order valence-electron chi connectivity index (χ0n) is 10.9. The molecule has 0 bridgehead atoms. The minimum Gasteiger partial charge on any atom is -0.310 e. The number of rotatable bonds is 6. The highest BCUT2D eigenvalue weighted by Crippen LogP contribution is 2.25. The van der Waals surface area contributed by atoms with E-state index in [0.29, 0.717) is 6.04 Å². The van der Waals surface area contributed by atoms with Crippen molar-refractivity contribution in [1.82, 2.24) is 5.32 Å². The molecule has 1 unspecified atom stereocenters. The van der Waals surface area contributed by atoms with Crippen molar-refractivity contribution in [2.75, 3.05) is 6.54 Å². The fourth-order valence-corrected chi connectivity index (χ4v) is 2.30. The van der Waals surface area contributed by atoms with E-state index in [4.69, 9.17) is 11.6 Å². The highest BCUT2D eigenvalue weighted by molar-refractivity contribution is 14.1. The van der Waals surface area contributed by atoms with Gasteiger partial charge in [-0.15, -0.1) is 11.8 Å². The summed E-state index contributed by atoms with van der Waals surface area (Å²) < 4.78 is 1.10. The van der Waals surface area contributed by atoms with Gasteiger partial charge >= 0.3 is 0 Å². The van der Waals surface area contributed by atoms with Gasteiger partial charge in [0, 0.05) is 16.0 Å². The van der Waals surface area contributed by atoms with Gasteiger partial charge in [0.1, 0.15) is 0 Å². The van der Waals surface area contributed by atoms with Crippen LogP contribution in [0.1, 0.15) is 44.7 Å². The van der Waals surface area contributed by atoms with Crippen LogP contribution in [-0.4, -0.2) is 6.54 Å². The molecule has 1 aromatic rings. The molecule has 1 N–H and O–H groups in total. The third kappa shape index (κ3) is 5.17. The summed E-state index contributed by atoms with van der Waals surface area (Å²) in [6.07, 6.45) is 3.08. The van der Waals surface area contributed by atoms with Gasteiger partial charge < -0.3 is 5.32 Å². The molecule has 0 saturated heterocycles. The summed E-state index contributed by atoms with van der Waals surface area (Å²) in [7, 11) is 0. The summed E-state index contributed by atoms with van der Waals surface area (Å²) >= 11 is 8.44. The summed E-state index contributed by atoms with van der Waals surface area (Å²) in [6, 6.07) is 6.64. The first-order chi connectivity index (χ1) is 8.69. The van der Waals surface area contributed by atoms with Crippen LogP contribution in [0.25, 0.3) is 0 Å². The number of hydrogen-bond acceptors (Lipinski definition) is 1. The van der Waals surface area contributed by atoms with E-state index in [9.17, 15) is 0 Å². The molecule has 98 valence electrons. The molecule has 1 nitrogen and oxygen atoms in total. The quantitative estimate of drug-likeness (QED) is 0.557. The maximum atomic E-state index is 6.19. The first kappa shape index (κ1) is 15.8. The third-order valence-corrected chi connectivity index (χ3v) is 4.29. The van der Waals surface area contributed by atoms with E-state index >= 15 is 0 Å². The van der Waals surface area contributed by atoms with Crippen LogP contribution in [0, 0.1) is 15.4 Å². The van der Waals surface area contributed by atoms with Crippen LogP contribution in [0.15, 0.2) is 18.2 Å². The van der Waals surface area contributed by atoms with E-state index in [1.807, 2.05) is 6.92 Å². The molecule has 3 heteroatoms. The summed E-state index contributed by atoms with van der Waals surface area (Å²) in [6.45, 7) is 5.08. The third-order valence-electron chi connectivity index (χ3n) is 2.72. The fourth-order valence-electron chi connectivity index (χ4n) is 1.78. The van der Waals surface area contributed by atoms with E-state index in [2.05, 4.69) is 64.9 Å². The Morgan fingerprint density at radius 2 is 2.22 bits per heavy atom.